The topological polar surface area (TPSA) is 82.2 Å². The SMILES string of the molecule is CC(C)(CC(=O)O)n1cc(-c2ccnc3c2ccn3COCC[Si](C)(C)C)cn1. The lowest BCUT2D eigenvalue weighted by molar-refractivity contribution is -0.139. The van der Waals surface area contributed by atoms with Gasteiger partial charge in [-0.05, 0) is 37.6 Å². The lowest BCUT2D eigenvalue weighted by Gasteiger charge is -2.23. The van der Waals surface area contributed by atoms with Crippen LogP contribution in [0.15, 0.2) is 36.9 Å². The molecule has 7 nitrogen and oxygen atoms in total. The van der Waals surface area contributed by atoms with Crippen molar-refractivity contribution in [2.75, 3.05) is 6.61 Å². The molecule has 0 atom stereocenters. The van der Waals surface area contributed by atoms with Gasteiger partial charge in [0, 0.05) is 44.2 Å². The van der Waals surface area contributed by atoms with Crippen molar-refractivity contribution in [2.24, 2.45) is 0 Å². The predicted molar refractivity (Wildman–Crippen MR) is 117 cm³/mol. The molecular weight excluding hydrogens is 384 g/mol. The number of carboxylic acids is 1. The number of aromatic nitrogens is 4. The molecule has 0 spiro atoms. The van der Waals surface area contributed by atoms with Crippen LogP contribution in [0.4, 0.5) is 0 Å². The number of carbonyl (C=O) groups is 1. The van der Waals surface area contributed by atoms with Crippen LogP contribution in [0.1, 0.15) is 20.3 Å². The molecule has 0 amide bonds. The molecule has 0 aromatic carbocycles. The number of hydrogen-bond donors (Lipinski definition) is 1. The number of carboxylic acid groups (broad SMARTS) is 1. The highest BCUT2D eigenvalue weighted by Crippen LogP contribution is 2.30. The van der Waals surface area contributed by atoms with Gasteiger partial charge < -0.3 is 14.4 Å². The van der Waals surface area contributed by atoms with Gasteiger partial charge >= 0.3 is 5.97 Å². The van der Waals surface area contributed by atoms with E-state index < -0.39 is 19.6 Å². The Morgan fingerprint density at radius 2 is 2.03 bits per heavy atom. The van der Waals surface area contributed by atoms with Crippen molar-refractivity contribution < 1.29 is 14.6 Å². The van der Waals surface area contributed by atoms with E-state index in [2.05, 4.69) is 29.7 Å². The van der Waals surface area contributed by atoms with Crippen LogP contribution in [0, 0.1) is 0 Å². The maximum absolute atomic E-state index is 11.1. The monoisotopic (exact) mass is 414 g/mol. The molecule has 3 heterocycles. The van der Waals surface area contributed by atoms with Crippen molar-refractivity contribution in [1.82, 2.24) is 19.3 Å². The van der Waals surface area contributed by atoms with Crippen LogP contribution in [0.2, 0.25) is 25.7 Å². The third kappa shape index (κ3) is 5.13. The van der Waals surface area contributed by atoms with E-state index in [-0.39, 0.29) is 6.42 Å². The lowest BCUT2D eigenvalue weighted by atomic mass is 10.0. The molecule has 0 saturated carbocycles. The molecule has 0 aliphatic heterocycles. The van der Waals surface area contributed by atoms with Gasteiger partial charge in [-0.1, -0.05) is 19.6 Å². The number of fused-ring (bicyclic) bond motifs is 1. The molecule has 156 valence electrons. The Balaban J connectivity index is 1.81. The fourth-order valence-corrected chi connectivity index (χ4v) is 3.99. The molecule has 0 aliphatic carbocycles. The molecular formula is C21H30N4O3Si. The van der Waals surface area contributed by atoms with Crippen LogP contribution in [-0.4, -0.2) is 45.1 Å². The van der Waals surface area contributed by atoms with E-state index in [9.17, 15) is 4.79 Å². The third-order valence-electron chi connectivity index (χ3n) is 4.99. The number of rotatable bonds is 9. The number of nitrogens with zero attached hydrogens (tertiary/aromatic N) is 4. The van der Waals surface area contributed by atoms with E-state index in [4.69, 9.17) is 9.84 Å². The normalized spacial score (nSPS) is 12.6. The molecule has 0 unspecified atom stereocenters. The first-order chi connectivity index (χ1) is 13.6. The second-order valence-corrected chi connectivity index (χ2v) is 14.9. The fourth-order valence-electron chi connectivity index (χ4n) is 3.23. The molecule has 3 aromatic heterocycles. The van der Waals surface area contributed by atoms with E-state index in [1.165, 1.54) is 0 Å². The summed E-state index contributed by atoms with van der Waals surface area (Å²) in [5.41, 5.74) is 2.22. The Bertz CT molecular complexity index is 1000. The van der Waals surface area contributed by atoms with Crippen LogP contribution < -0.4 is 0 Å². The highest BCUT2D eigenvalue weighted by molar-refractivity contribution is 6.76. The van der Waals surface area contributed by atoms with Gasteiger partial charge in [0.15, 0.2) is 0 Å². The number of ether oxygens (including phenoxy) is 1. The summed E-state index contributed by atoms with van der Waals surface area (Å²) in [4.78, 5) is 15.7. The average Bonchev–Trinajstić information content (AvgIpc) is 3.24. The highest BCUT2D eigenvalue weighted by atomic mass is 28.3. The standard InChI is InChI=1S/C21H30N4O3Si/c1-21(2,12-19(26)27)25-14-16(13-23-25)17-6-8-22-20-18(17)7-9-24(20)15-28-10-11-29(3,4)5/h6-9,13-14H,10-12,15H2,1-5H3,(H,26,27). The Hall–Kier alpha value is -2.45. The van der Waals surface area contributed by atoms with Crippen molar-refractivity contribution in [1.29, 1.82) is 0 Å². The van der Waals surface area contributed by atoms with E-state index >= 15 is 0 Å². The summed E-state index contributed by atoms with van der Waals surface area (Å²) in [7, 11) is -1.11. The Morgan fingerprint density at radius 3 is 2.72 bits per heavy atom. The van der Waals surface area contributed by atoms with Crippen molar-refractivity contribution >= 4 is 25.1 Å². The molecule has 29 heavy (non-hydrogen) atoms. The van der Waals surface area contributed by atoms with Gasteiger partial charge in [0.05, 0.1) is 18.2 Å². The molecule has 8 heteroatoms. The summed E-state index contributed by atoms with van der Waals surface area (Å²) in [6, 6.07) is 5.14. The highest BCUT2D eigenvalue weighted by Gasteiger charge is 2.25. The van der Waals surface area contributed by atoms with Gasteiger partial charge in [0.1, 0.15) is 12.4 Å². The Morgan fingerprint density at radius 1 is 1.28 bits per heavy atom. The second-order valence-electron chi connectivity index (χ2n) is 9.29. The minimum atomic E-state index is -1.11. The zero-order valence-corrected chi connectivity index (χ0v) is 18.8. The largest absolute Gasteiger partial charge is 0.481 e. The van der Waals surface area contributed by atoms with Crippen molar-refractivity contribution in [2.45, 2.75) is 58.2 Å². The van der Waals surface area contributed by atoms with E-state index in [0.29, 0.717) is 6.73 Å². The minimum absolute atomic E-state index is 0.00497. The van der Waals surface area contributed by atoms with Crippen LogP contribution in [0.25, 0.3) is 22.2 Å². The molecule has 0 bridgehead atoms. The Kier molecular flexibility index (Phi) is 5.95. The number of hydrogen-bond acceptors (Lipinski definition) is 4. The average molecular weight is 415 g/mol. The lowest BCUT2D eigenvalue weighted by Crippen LogP contribution is -2.29. The van der Waals surface area contributed by atoms with Crippen molar-refractivity contribution in [3.8, 4) is 11.1 Å². The summed E-state index contributed by atoms with van der Waals surface area (Å²) >= 11 is 0. The zero-order valence-electron chi connectivity index (χ0n) is 17.8. The molecule has 3 rings (SSSR count). The van der Waals surface area contributed by atoms with Gasteiger partial charge in [0.25, 0.3) is 0 Å². The van der Waals surface area contributed by atoms with E-state index in [0.717, 1.165) is 34.8 Å². The van der Waals surface area contributed by atoms with Crippen LogP contribution >= 0.6 is 0 Å². The first-order valence-corrected chi connectivity index (χ1v) is 13.6. The first kappa shape index (κ1) is 21.3. The molecule has 0 saturated heterocycles. The summed E-state index contributed by atoms with van der Waals surface area (Å²) < 4.78 is 9.62. The summed E-state index contributed by atoms with van der Waals surface area (Å²) in [5, 5.41) is 14.6. The van der Waals surface area contributed by atoms with Gasteiger partial charge in [-0.2, -0.15) is 5.10 Å². The smallest absolute Gasteiger partial charge is 0.305 e. The van der Waals surface area contributed by atoms with Gasteiger partial charge in [-0.3, -0.25) is 9.48 Å². The maximum atomic E-state index is 11.1. The molecule has 0 radical (unpaired) electrons. The second kappa shape index (κ2) is 8.12. The van der Waals surface area contributed by atoms with Crippen LogP contribution in [-0.2, 0) is 21.8 Å². The number of pyridine rings is 1. The van der Waals surface area contributed by atoms with Crippen molar-refractivity contribution in [3.63, 3.8) is 0 Å². The number of aliphatic carboxylic acids is 1. The summed E-state index contributed by atoms with van der Waals surface area (Å²) in [6.07, 6.45) is 7.47. The predicted octanol–water partition coefficient (Wildman–Crippen LogP) is 4.42. The van der Waals surface area contributed by atoms with Crippen LogP contribution in [0.5, 0.6) is 0 Å². The quantitative estimate of drug-likeness (QED) is 0.414. The summed E-state index contributed by atoms with van der Waals surface area (Å²) in [6.45, 7) is 12.0. The van der Waals surface area contributed by atoms with E-state index in [1.54, 1.807) is 17.1 Å². The van der Waals surface area contributed by atoms with Crippen LogP contribution in [0.3, 0.4) is 0 Å². The fraction of sp³-hybridized carbons (Fsp3) is 0.476. The van der Waals surface area contributed by atoms with Gasteiger partial charge in [-0.15, -0.1) is 0 Å². The van der Waals surface area contributed by atoms with Crippen molar-refractivity contribution in [3.05, 3.63) is 36.9 Å². The molecule has 3 aromatic rings. The molecule has 0 aliphatic rings. The molecule has 0 fully saturated rings. The maximum Gasteiger partial charge on any atom is 0.305 e. The third-order valence-corrected chi connectivity index (χ3v) is 6.69. The molecule has 1 N–H and O–H groups in total. The Labute approximate surface area is 172 Å². The van der Waals surface area contributed by atoms with Gasteiger partial charge in [0.2, 0.25) is 0 Å². The minimum Gasteiger partial charge on any atom is -0.481 e. The van der Waals surface area contributed by atoms with E-state index in [1.807, 2.05) is 42.9 Å². The zero-order chi connectivity index (χ0) is 21.2. The summed E-state index contributed by atoms with van der Waals surface area (Å²) in [5.74, 6) is -0.843. The van der Waals surface area contributed by atoms with Gasteiger partial charge in [-0.25, -0.2) is 4.98 Å². The first-order valence-electron chi connectivity index (χ1n) is 9.86.